The molecule has 0 radical (unpaired) electrons. The van der Waals surface area contributed by atoms with Gasteiger partial charge in [-0.25, -0.2) is 19.9 Å². The fourth-order valence-corrected chi connectivity index (χ4v) is 2.83. The Balaban J connectivity index is 2.11. The number of carbonyl (C=O) groups excluding carboxylic acids is 1. The van der Waals surface area contributed by atoms with Crippen molar-refractivity contribution in [2.24, 2.45) is 0 Å². The number of rotatable bonds is 4. The van der Waals surface area contributed by atoms with E-state index in [1.54, 1.807) is 26.4 Å². The maximum atomic E-state index is 11.8. The first kappa shape index (κ1) is 15.1. The number of pyridine rings is 1. The predicted octanol–water partition coefficient (Wildman–Crippen LogP) is 1.28. The number of thiazole rings is 1. The van der Waals surface area contributed by atoms with Crippen molar-refractivity contribution < 1.29 is 4.79 Å². The van der Waals surface area contributed by atoms with E-state index in [4.69, 9.17) is 5.73 Å². The highest BCUT2D eigenvalue weighted by Crippen LogP contribution is 2.32. The van der Waals surface area contributed by atoms with E-state index in [1.165, 1.54) is 17.7 Å². The number of aromatic nitrogens is 4. The SMILES string of the molecule is CNC(=O)C(C)Nc1nc2sc(N)nc2cc1-c1cncnc1. The monoisotopic (exact) mass is 329 g/mol. The number of anilines is 2. The molecule has 1 amide bonds. The summed E-state index contributed by atoms with van der Waals surface area (Å²) < 4.78 is 0. The molecule has 0 aromatic carbocycles. The predicted molar refractivity (Wildman–Crippen MR) is 90.0 cm³/mol. The summed E-state index contributed by atoms with van der Waals surface area (Å²) in [6.07, 6.45) is 4.82. The van der Waals surface area contributed by atoms with E-state index in [0.29, 0.717) is 21.3 Å². The lowest BCUT2D eigenvalue weighted by Gasteiger charge is -2.16. The highest BCUT2D eigenvalue weighted by atomic mass is 32.1. The van der Waals surface area contributed by atoms with E-state index in [9.17, 15) is 4.79 Å². The number of nitrogens with zero attached hydrogens (tertiary/aromatic N) is 4. The van der Waals surface area contributed by atoms with E-state index >= 15 is 0 Å². The summed E-state index contributed by atoms with van der Waals surface area (Å²) in [6.45, 7) is 1.76. The molecular formula is C14H15N7OS. The molecule has 4 N–H and O–H groups in total. The molecule has 8 nitrogen and oxygen atoms in total. The molecule has 0 saturated carbocycles. The van der Waals surface area contributed by atoms with Gasteiger partial charge in [0.25, 0.3) is 0 Å². The molecule has 9 heteroatoms. The standard InChI is InChI=1S/C14H15N7OS/c1-7(12(22)16-2)19-11-9(8-4-17-6-18-5-8)3-10-13(21-11)23-14(15)20-10/h3-7H,1-2H3,(H2,15,20)(H,16,22)(H,19,21). The maximum Gasteiger partial charge on any atom is 0.241 e. The number of amides is 1. The quantitative estimate of drug-likeness (QED) is 0.659. The van der Waals surface area contributed by atoms with Gasteiger partial charge in [0, 0.05) is 30.6 Å². The highest BCUT2D eigenvalue weighted by molar-refractivity contribution is 7.21. The van der Waals surface area contributed by atoms with Crippen molar-refractivity contribution in [3.63, 3.8) is 0 Å². The molecule has 0 aliphatic carbocycles. The van der Waals surface area contributed by atoms with E-state index in [-0.39, 0.29) is 5.91 Å². The number of nitrogen functional groups attached to an aromatic ring is 1. The number of nitrogens with two attached hydrogens (primary N) is 1. The zero-order valence-electron chi connectivity index (χ0n) is 12.6. The van der Waals surface area contributed by atoms with Crippen LogP contribution in [0.25, 0.3) is 21.5 Å². The van der Waals surface area contributed by atoms with Crippen molar-refractivity contribution in [1.82, 2.24) is 25.3 Å². The van der Waals surface area contributed by atoms with Crippen molar-refractivity contribution in [3.8, 4) is 11.1 Å². The minimum atomic E-state index is -0.446. The Morgan fingerprint density at radius 1 is 1.30 bits per heavy atom. The zero-order chi connectivity index (χ0) is 16.4. The van der Waals surface area contributed by atoms with Crippen LogP contribution in [0.3, 0.4) is 0 Å². The van der Waals surface area contributed by atoms with Gasteiger partial charge in [0.15, 0.2) is 5.13 Å². The van der Waals surface area contributed by atoms with Crippen molar-refractivity contribution in [1.29, 1.82) is 0 Å². The minimum Gasteiger partial charge on any atom is -0.375 e. The van der Waals surface area contributed by atoms with Gasteiger partial charge in [-0.05, 0) is 13.0 Å². The van der Waals surface area contributed by atoms with Gasteiger partial charge in [-0.2, -0.15) is 0 Å². The Labute approximate surface area is 136 Å². The van der Waals surface area contributed by atoms with Crippen LogP contribution in [0, 0.1) is 0 Å². The second-order valence-electron chi connectivity index (χ2n) is 4.87. The summed E-state index contributed by atoms with van der Waals surface area (Å²) in [7, 11) is 1.59. The highest BCUT2D eigenvalue weighted by Gasteiger charge is 2.17. The van der Waals surface area contributed by atoms with Gasteiger partial charge < -0.3 is 16.4 Å². The summed E-state index contributed by atoms with van der Waals surface area (Å²) in [5.74, 6) is 0.429. The van der Waals surface area contributed by atoms with Gasteiger partial charge in [-0.1, -0.05) is 11.3 Å². The van der Waals surface area contributed by atoms with Crippen LogP contribution >= 0.6 is 11.3 Å². The summed E-state index contributed by atoms with van der Waals surface area (Å²) in [6, 6.07) is 1.42. The van der Waals surface area contributed by atoms with Gasteiger partial charge >= 0.3 is 0 Å². The number of hydrogen-bond acceptors (Lipinski definition) is 8. The van der Waals surface area contributed by atoms with Crippen LogP contribution in [0.4, 0.5) is 10.9 Å². The van der Waals surface area contributed by atoms with Crippen molar-refractivity contribution in [2.75, 3.05) is 18.1 Å². The molecule has 0 spiro atoms. The average molecular weight is 329 g/mol. The summed E-state index contributed by atoms with van der Waals surface area (Å²) >= 11 is 1.30. The van der Waals surface area contributed by atoms with E-state index in [0.717, 1.165) is 11.1 Å². The smallest absolute Gasteiger partial charge is 0.241 e. The van der Waals surface area contributed by atoms with E-state index < -0.39 is 6.04 Å². The fraction of sp³-hybridized carbons (Fsp3) is 0.214. The Hall–Kier alpha value is -2.81. The van der Waals surface area contributed by atoms with Gasteiger partial charge in [0.1, 0.15) is 28.5 Å². The Kier molecular flexibility index (Phi) is 4.02. The molecular weight excluding hydrogens is 314 g/mol. The van der Waals surface area contributed by atoms with E-state index in [1.807, 2.05) is 6.07 Å². The summed E-state index contributed by atoms with van der Waals surface area (Å²) in [4.78, 5) is 29.4. The minimum absolute atomic E-state index is 0.133. The molecule has 118 valence electrons. The third kappa shape index (κ3) is 3.04. The first-order valence-corrected chi connectivity index (χ1v) is 7.70. The molecule has 1 atom stereocenters. The molecule has 23 heavy (non-hydrogen) atoms. The van der Waals surface area contributed by atoms with Gasteiger partial charge in [-0.3, -0.25) is 4.79 Å². The Bertz CT molecular complexity index is 849. The molecule has 3 heterocycles. The van der Waals surface area contributed by atoms with Gasteiger partial charge in [0.2, 0.25) is 5.91 Å². The second kappa shape index (κ2) is 6.13. The molecule has 3 rings (SSSR count). The number of carbonyl (C=O) groups is 1. The molecule has 1 unspecified atom stereocenters. The van der Waals surface area contributed by atoms with Crippen LogP contribution in [0.5, 0.6) is 0 Å². The van der Waals surface area contributed by atoms with Crippen molar-refractivity contribution in [3.05, 3.63) is 24.8 Å². The topological polar surface area (TPSA) is 119 Å². The fourth-order valence-electron chi connectivity index (χ4n) is 2.14. The van der Waals surface area contributed by atoms with Crippen LogP contribution < -0.4 is 16.4 Å². The third-order valence-corrected chi connectivity index (χ3v) is 4.06. The summed E-state index contributed by atoms with van der Waals surface area (Å²) in [5, 5.41) is 6.17. The average Bonchev–Trinajstić information content (AvgIpc) is 2.93. The summed E-state index contributed by atoms with van der Waals surface area (Å²) in [5.41, 5.74) is 8.00. The number of fused-ring (bicyclic) bond motifs is 1. The van der Waals surface area contributed by atoms with Crippen LogP contribution in [-0.4, -0.2) is 38.9 Å². The molecule has 0 fully saturated rings. The lowest BCUT2D eigenvalue weighted by molar-refractivity contribution is -0.121. The lowest BCUT2D eigenvalue weighted by atomic mass is 10.1. The lowest BCUT2D eigenvalue weighted by Crippen LogP contribution is -2.35. The molecule has 0 aliphatic rings. The largest absolute Gasteiger partial charge is 0.375 e. The van der Waals surface area contributed by atoms with Crippen LogP contribution in [0.15, 0.2) is 24.8 Å². The first-order chi connectivity index (χ1) is 11.1. The molecule has 0 aliphatic heterocycles. The third-order valence-electron chi connectivity index (χ3n) is 3.27. The van der Waals surface area contributed by atoms with E-state index in [2.05, 4.69) is 30.6 Å². The van der Waals surface area contributed by atoms with Gasteiger partial charge in [-0.15, -0.1) is 0 Å². The van der Waals surface area contributed by atoms with Gasteiger partial charge in [0.05, 0.1) is 0 Å². The Morgan fingerprint density at radius 2 is 2.04 bits per heavy atom. The molecule has 0 bridgehead atoms. The van der Waals surface area contributed by atoms with Crippen LogP contribution in [0.2, 0.25) is 0 Å². The number of likely N-dealkylation sites (N-methyl/N-ethyl adjacent to an activating group) is 1. The molecule has 3 aromatic rings. The first-order valence-electron chi connectivity index (χ1n) is 6.89. The molecule has 0 saturated heterocycles. The number of nitrogens with one attached hydrogen (secondary N) is 2. The number of hydrogen-bond donors (Lipinski definition) is 3. The maximum absolute atomic E-state index is 11.8. The Morgan fingerprint density at radius 3 is 2.74 bits per heavy atom. The van der Waals surface area contributed by atoms with Crippen molar-refractivity contribution >= 4 is 38.5 Å². The van der Waals surface area contributed by atoms with Crippen LogP contribution in [-0.2, 0) is 4.79 Å². The normalized spacial score (nSPS) is 12.1. The van der Waals surface area contributed by atoms with Crippen molar-refractivity contribution in [2.45, 2.75) is 13.0 Å². The second-order valence-corrected chi connectivity index (χ2v) is 5.88. The zero-order valence-corrected chi connectivity index (χ0v) is 13.4. The van der Waals surface area contributed by atoms with Crippen LogP contribution in [0.1, 0.15) is 6.92 Å². The molecule has 3 aromatic heterocycles.